The highest BCUT2D eigenvalue weighted by Crippen LogP contribution is 2.42. The minimum Gasteiger partial charge on any atom is -0.370 e. The summed E-state index contributed by atoms with van der Waals surface area (Å²) < 4.78 is 42.9. The molecule has 3 heterocycles. The number of hydrogen-bond acceptors (Lipinski definition) is 7. The van der Waals surface area contributed by atoms with Crippen molar-refractivity contribution in [2.75, 3.05) is 17.2 Å². The average molecular weight is 393 g/mol. The zero-order chi connectivity index (χ0) is 19.7. The van der Waals surface area contributed by atoms with Crippen molar-refractivity contribution in [2.45, 2.75) is 38.0 Å². The molecule has 12 heteroatoms. The monoisotopic (exact) mass is 393 g/mol. The number of hydrogen-bond donors (Lipinski definition) is 2. The van der Waals surface area contributed by atoms with Gasteiger partial charge in [0.15, 0.2) is 0 Å². The highest BCUT2D eigenvalue weighted by Gasteiger charge is 2.36. The van der Waals surface area contributed by atoms with Crippen LogP contribution in [-0.2, 0) is 6.18 Å². The summed E-state index contributed by atoms with van der Waals surface area (Å²) in [6, 6.07) is 2.14. The summed E-state index contributed by atoms with van der Waals surface area (Å²) in [4.78, 5) is 7.80. The topological polar surface area (TPSA) is 98.4 Å². The van der Waals surface area contributed by atoms with Crippen molar-refractivity contribution in [1.29, 1.82) is 0 Å². The van der Waals surface area contributed by atoms with Gasteiger partial charge in [0.05, 0.1) is 24.5 Å². The summed E-state index contributed by atoms with van der Waals surface area (Å²) in [5, 5.41) is 17.7. The molecule has 0 saturated heterocycles. The molecule has 0 aliphatic heterocycles. The molecule has 0 amide bonds. The number of nitrogens with one attached hydrogen (secondary N) is 2. The molecule has 0 unspecified atom stereocenters. The molecule has 1 aliphatic carbocycles. The zero-order valence-electron chi connectivity index (χ0n) is 14.9. The molecule has 0 spiro atoms. The van der Waals surface area contributed by atoms with Crippen LogP contribution in [-0.4, -0.2) is 41.3 Å². The van der Waals surface area contributed by atoms with Gasteiger partial charge in [0.25, 0.3) is 0 Å². The SMILES string of the molecule is CCNc1nc(Nc2ccnn2[C@H]2C[C@@H](n3ccnn3)C2)ncc1C(F)(F)F. The Morgan fingerprint density at radius 1 is 1.21 bits per heavy atom. The number of rotatable bonds is 6. The molecule has 0 bridgehead atoms. The Hall–Kier alpha value is -3.18. The lowest BCUT2D eigenvalue weighted by Crippen LogP contribution is -2.30. The molecule has 1 fully saturated rings. The Bertz CT molecular complexity index is 929. The van der Waals surface area contributed by atoms with Gasteiger partial charge in [-0.2, -0.15) is 23.3 Å². The van der Waals surface area contributed by atoms with Crippen LogP contribution in [0.4, 0.5) is 30.8 Å². The van der Waals surface area contributed by atoms with Gasteiger partial charge >= 0.3 is 6.18 Å². The zero-order valence-corrected chi connectivity index (χ0v) is 14.9. The molecule has 0 radical (unpaired) electrons. The molecular weight excluding hydrogens is 375 g/mol. The molecule has 1 aliphatic rings. The van der Waals surface area contributed by atoms with Gasteiger partial charge in [0.1, 0.15) is 17.2 Å². The Labute approximate surface area is 158 Å². The van der Waals surface area contributed by atoms with Gasteiger partial charge in [-0.1, -0.05) is 5.21 Å². The molecule has 28 heavy (non-hydrogen) atoms. The predicted octanol–water partition coefficient (Wildman–Crippen LogP) is 3.04. The van der Waals surface area contributed by atoms with Crippen LogP contribution in [0.15, 0.2) is 30.9 Å². The third-order valence-corrected chi connectivity index (χ3v) is 4.60. The fourth-order valence-corrected chi connectivity index (χ4v) is 3.16. The second-order valence-corrected chi connectivity index (χ2v) is 6.43. The number of nitrogens with zero attached hydrogens (tertiary/aromatic N) is 7. The highest BCUT2D eigenvalue weighted by atomic mass is 19.4. The Kier molecular flexibility index (Phi) is 4.61. The van der Waals surface area contributed by atoms with E-state index in [1.165, 1.54) is 0 Å². The Morgan fingerprint density at radius 3 is 2.71 bits per heavy atom. The number of alkyl halides is 3. The fourth-order valence-electron chi connectivity index (χ4n) is 3.16. The maximum absolute atomic E-state index is 13.1. The van der Waals surface area contributed by atoms with Crippen molar-refractivity contribution >= 4 is 17.6 Å². The maximum Gasteiger partial charge on any atom is 0.421 e. The highest BCUT2D eigenvalue weighted by molar-refractivity contribution is 5.54. The Morgan fingerprint density at radius 2 is 2.04 bits per heavy atom. The molecule has 0 atom stereocenters. The molecule has 1 saturated carbocycles. The van der Waals surface area contributed by atoms with Crippen molar-refractivity contribution in [3.63, 3.8) is 0 Å². The van der Waals surface area contributed by atoms with Gasteiger partial charge in [-0.3, -0.25) is 0 Å². The predicted molar refractivity (Wildman–Crippen MR) is 94.0 cm³/mol. The second kappa shape index (κ2) is 7.09. The first-order valence-corrected chi connectivity index (χ1v) is 8.80. The molecule has 9 nitrogen and oxygen atoms in total. The van der Waals surface area contributed by atoms with Gasteiger partial charge in [0, 0.05) is 25.0 Å². The lowest BCUT2D eigenvalue weighted by atomic mass is 9.87. The van der Waals surface area contributed by atoms with E-state index in [1.807, 2.05) is 10.9 Å². The van der Waals surface area contributed by atoms with E-state index in [1.54, 1.807) is 30.1 Å². The minimum absolute atomic E-state index is 0.0675. The normalized spacial score (nSPS) is 19.3. The first kappa shape index (κ1) is 18.2. The van der Waals surface area contributed by atoms with Crippen LogP contribution >= 0.6 is 0 Å². The van der Waals surface area contributed by atoms with Crippen LogP contribution in [0.5, 0.6) is 0 Å². The van der Waals surface area contributed by atoms with Gasteiger partial charge in [-0.25, -0.2) is 14.3 Å². The quantitative estimate of drug-likeness (QED) is 0.664. The van der Waals surface area contributed by atoms with Gasteiger partial charge < -0.3 is 10.6 Å². The largest absolute Gasteiger partial charge is 0.421 e. The first-order chi connectivity index (χ1) is 13.5. The molecule has 3 aromatic heterocycles. The summed E-state index contributed by atoms with van der Waals surface area (Å²) in [6.45, 7) is 2.01. The molecular formula is C16H18F3N9. The Balaban J connectivity index is 1.50. The van der Waals surface area contributed by atoms with E-state index in [0.717, 1.165) is 19.0 Å². The summed E-state index contributed by atoms with van der Waals surface area (Å²) >= 11 is 0. The van der Waals surface area contributed by atoms with Crippen LogP contribution < -0.4 is 10.6 Å². The lowest BCUT2D eigenvalue weighted by Gasteiger charge is -2.35. The van der Waals surface area contributed by atoms with E-state index in [2.05, 4.69) is 36.0 Å². The molecule has 3 aromatic rings. The number of anilines is 3. The minimum atomic E-state index is -4.53. The smallest absolute Gasteiger partial charge is 0.370 e. The first-order valence-electron chi connectivity index (χ1n) is 8.80. The molecule has 2 N–H and O–H groups in total. The van der Waals surface area contributed by atoms with Crippen LogP contribution in [0.25, 0.3) is 0 Å². The van der Waals surface area contributed by atoms with E-state index >= 15 is 0 Å². The third kappa shape index (κ3) is 3.49. The van der Waals surface area contributed by atoms with E-state index in [4.69, 9.17) is 0 Å². The van der Waals surface area contributed by atoms with Gasteiger partial charge in [-0.15, -0.1) is 5.10 Å². The fraction of sp³-hybridized carbons (Fsp3) is 0.438. The summed E-state index contributed by atoms with van der Waals surface area (Å²) in [5.74, 6) is 0.426. The summed E-state index contributed by atoms with van der Waals surface area (Å²) in [5.41, 5.74) is -0.900. The standard InChI is InChI=1S/C16H18F3N9/c1-2-20-14-12(16(17,18)19)9-21-15(25-14)24-13-3-4-23-28(13)11-7-10(8-11)27-6-5-22-26-27/h3-6,9-11H,2,7-8H2,1H3,(H2,20,21,24,25)/t10-,11+. The van der Waals surface area contributed by atoms with E-state index in [0.29, 0.717) is 12.4 Å². The molecule has 0 aromatic carbocycles. The van der Waals surface area contributed by atoms with Crippen LogP contribution in [0.3, 0.4) is 0 Å². The van der Waals surface area contributed by atoms with Gasteiger partial charge in [0.2, 0.25) is 5.95 Å². The van der Waals surface area contributed by atoms with Crippen molar-refractivity contribution in [3.8, 4) is 0 Å². The number of halogens is 3. The third-order valence-electron chi connectivity index (χ3n) is 4.60. The summed E-state index contributed by atoms with van der Waals surface area (Å²) in [6.07, 6.45) is 2.99. The van der Waals surface area contributed by atoms with Crippen molar-refractivity contribution in [2.24, 2.45) is 0 Å². The maximum atomic E-state index is 13.1. The van der Waals surface area contributed by atoms with Crippen molar-refractivity contribution < 1.29 is 13.2 Å². The second-order valence-electron chi connectivity index (χ2n) is 6.43. The average Bonchev–Trinajstić information content (AvgIpc) is 3.26. The van der Waals surface area contributed by atoms with E-state index < -0.39 is 11.7 Å². The molecule has 4 rings (SSSR count). The van der Waals surface area contributed by atoms with Crippen LogP contribution in [0, 0.1) is 0 Å². The summed E-state index contributed by atoms with van der Waals surface area (Å²) in [7, 11) is 0. The van der Waals surface area contributed by atoms with E-state index in [-0.39, 0.29) is 23.8 Å². The van der Waals surface area contributed by atoms with Crippen LogP contribution in [0.2, 0.25) is 0 Å². The van der Waals surface area contributed by atoms with Crippen LogP contribution in [0.1, 0.15) is 37.4 Å². The van der Waals surface area contributed by atoms with E-state index in [9.17, 15) is 13.2 Å². The van der Waals surface area contributed by atoms with Crippen molar-refractivity contribution in [1.82, 2.24) is 34.7 Å². The molecule has 148 valence electrons. The van der Waals surface area contributed by atoms with Gasteiger partial charge in [-0.05, 0) is 19.8 Å². The lowest BCUT2D eigenvalue weighted by molar-refractivity contribution is -0.137. The number of aromatic nitrogens is 7. The van der Waals surface area contributed by atoms with Crippen molar-refractivity contribution in [3.05, 3.63) is 36.4 Å².